The maximum atomic E-state index is 12.5. The number of primary amides is 1. The van der Waals surface area contributed by atoms with E-state index < -0.39 is 0 Å². The zero-order valence-corrected chi connectivity index (χ0v) is 14.2. The smallest absolute Gasteiger partial charge is 0.253 e. The third-order valence-electron chi connectivity index (χ3n) is 4.13. The van der Waals surface area contributed by atoms with Crippen molar-refractivity contribution >= 4 is 11.8 Å². The summed E-state index contributed by atoms with van der Waals surface area (Å²) >= 11 is 0. The summed E-state index contributed by atoms with van der Waals surface area (Å²) in [5, 5.41) is 3.24. The molecular formula is C19H25N3O2. The van der Waals surface area contributed by atoms with Gasteiger partial charge in [-0.1, -0.05) is 31.3 Å². The molecule has 5 nitrogen and oxygen atoms in total. The lowest BCUT2D eigenvalue weighted by molar-refractivity contribution is -0.121. The van der Waals surface area contributed by atoms with E-state index in [1.165, 1.54) is 0 Å². The molecule has 1 heterocycles. The van der Waals surface area contributed by atoms with Crippen molar-refractivity contribution in [3.63, 3.8) is 0 Å². The molecule has 1 aromatic rings. The Bertz CT molecular complexity index is 640. The zero-order valence-electron chi connectivity index (χ0n) is 14.2. The topological polar surface area (TPSA) is 75.4 Å². The average molecular weight is 327 g/mol. The predicted octanol–water partition coefficient (Wildman–Crippen LogP) is 1.38. The van der Waals surface area contributed by atoms with Crippen LogP contribution in [0.4, 0.5) is 0 Å². The number of nitrogens with two attached hydrogens (primary N) is 1. The largest absolute Gasteiger partial charge is 0.369 e. The van der Waals surface area contributed by atoms with Gasteiger partial charge in [0.25, 0.3) is 5.91 Å². The van der Waals surface area contributed by atoms with E-state index in [2.05, 4.69) is 17.2 Å². The maximum Gasteiger partial charge on any atom is 0.253 e. The fraction of sp³-hybridized carbons (Fsp3) is 0.474. The number of hydrogen-bond donors (Lipinski definition) is 2. The molecule has 128 valence electrons. The van der Waals surface area contributed by atoms with E-state index >= 15 is 0 Å². The third-order valence-corrected chi connectivity index (χ3v) is 4.13. The summed E-state index contributed by atoms with van der Waals surface area (Å²) in [5.74, 6) is 5.62. The van der Waals surface area contributed by atoms with Crippen LogP contribution >= 0.6 is 0 Å². The van der Waals surface area contributed by atoms with E-state index in [0.29, 0.717) is 12.0 Å². The minimum atomic E-state index is -0.297. The Hall–Kier alpha value is -2.32. The van der Waals surface area contributed by atoms with Crippen molar-refractivity contribution in [3.8, 4) is 11.8 Å². The van der Waals surface area contributed by atoms with Gasteiger partial charge in [-0.3, -0.25) is 9.59 Å². The van der Waals surface area contributed by atoms with Crippen LogP contribution in [0.5, 0.6) is 0 Å². The van der Waals surface area contributed by atoms with E-state index in [9.17, 15) is 9.59 Å². The average Bonchev–Trinajstić information content (AvgIpc) is 2.61. The summed E-state index contributed by atoms with van der Waals surface area (Å²) in [6.45, 7) is 5.14. The van der Waals surface area contributed by atoms with Gasteiger partial charge in [0.2, 0.25) is 5.91 Å². The highest BCUT2D eigenvalue weighted by Gasteiger charge is 2.17. The lowest BCUT2D eigenvalue weighted by atomic mass is 9.99. The molecular weight excluding hydrogens is 302 g/mol. The van der Waals surface area contributed by atoms with E-state index in [1.807, 2.05) is 36.1 Å². The van der Waals surface area contributed by atoms with Gasteiger partial charge >= 0.3 is 0 Å². The molecule has 1 aromatic carbocycles. The number of rotatable bonds is 5. The molecule has 1 unspecified atom stereocenters. The Kier molecular flexibility index (Phi) is 6.83. The number of nitrogens with one attached hydrogen (secondary N) is 1. The summed E-state index contributed by atoms with van der Waals surface area (Å²) in [5.41, 5.74) is 6.83. The zero-order chi connectivity index (χ0) is 17.4. The SMILES string of the molecule is CCCC(CC#Cc1cccc(C(=O)N2CCNCC2)c1)C(N)=O. The molecule has 1 aliphatic heterocycles. The van der Waals surface area contributed by atoms with Gasteiger partial charge in [-0.05, 0) is 24.6 Å². The highest BCUT2D eigenvalue weighted by atomic mass is 16.2. The number of nitrogens with zero attached hydrogens (tertiary/aromatic N) is 1. The van der Waals surface area contributed by atoms with Crippen LogP contribution in [0.25, 0.3) is 0 Å². The summed E-state index contributed by atoms with van der Waals surface area (Å²) in [7, 11) is 0. The molecule has 2 amide bonds. The summed E-state index contributed by atoms with van der Waals surface area (Å²) < 4.78 is 0. The first-order chi connectivity index (χ1) is 11.6. The number of amides is 2. The van der Waals surface area contributed by atoms with Gasteiger partial charge in [0.15, 0.2) is 0 Å². The van der Waals surface area contributed by atoms with Gasteiger partial charge in [-0.15, -0.1) is 0 Å². The molecule has 3 N–H and O–H groups in total. The van der Waals surface area contributed by atoms with Crippen molar-refractivity contribution < 1.29 is 9.59 Å². The molecule has 0 aromatic heterocycles. The quantitative estimate of drug-likeness (QED) is 0.802. The first-order valence-corrected chi connectivity index (χ1v) is 8.50. The van der Waals surface area contributed by atoms with Crippen molar-refractivity contribution in [2.45, 2.75) is 26.2 Å². The van der Waals surface area contributed by atoms with Crippen molar-refractivity contribution in [1.29, 1.82) is 0 Å². The van der Waals surface area contributed by atoms with Crippen molar-refractivity contribution in [1.82, 2.24) is 10.2 Å². The van der Waals surface area contributed by atoms with Crippen LogP contribution < -0.4 is 11.1 Å². The van der Waals surface area contributed by atoms with Gasteiger partial charge < -0.3 is 16.0 Å². The Morgan fingerprint density at radius 2 is 2.08 bits per heavy atom. The Balaban J connectivity index is 2.03. The number of benzene rings is 1. The monoisotopic (exact) mass is 327 g/mol. The minimum Gasteiger partial charge on any atom is -0.369 e. The molecule has 2 rings (SSSR count). The van der Waals surface area contributed by atoms with E-state index in [4.69, 9.17) is 5.73 Å². The van der Waals surface area contributed by atoms with Gasteiger partial charge in [0.1, 0.15) is 0 Å². The maximum absolute atomic E-state index is 12.5. The van der Waals surface area contributed by atoms with Crippen LogP contribution in [0.2, 0.25) is 0 Å². The van der Waals surface area contributed by atoms with Gasteiger partial charge in [0, 0.05) is 49.6 Å². The number of hydrogen-bond acceptors (Lipinski definition) is 3. The van der Waals surface area contributed by atoms with Crippen LogP contribution in [0.3, 0.4) is 0 Å². The molecule has 1 saturated heterocycles. The first-order valence-electron chi connectivity index (χ1n) is 8.50. The highest BCUT2D eigenvalue weighted by Crippen LogP contribution is 2.11. The van der Waals surface area contributed by atoms with Gasteiger partial charge in [-0.25, -0.2) is 0 Å². The Labute approximate surface area is 143 Å². The molecule has 0 spiro atoms. The summed E-state index contributed by atoms with van der Waals surface area (Å²) in [6.07, 6.45) is 2.12. The van der Waals surface area contributed by atoms with Crippen LogP contribution in [0.1, 0.15) is 42.1 Å². The lowest BCUT2D eigenvalue weighted by Crippen LogP contribution is -2.46. The first kappa shape index (κ1) is 18.0. The Morgan fingerprint density at radius 3 is 2.75 bits per heavy atom. The highest BCUT2D eigenvalue weighted by molar-refractivity contribution is 5.94. The molecule has 0 saturated carbocycles. The molecule has 1 atom stereocenters. The second kappa shape index (κ2) is 9.09. The molecule has 0 bridgehead atoms. The second-order valence-corrected chi connectivity index (χ2v) is 6.02. The number of carbonyl (C=O) groups excluding carboxylic acids is 2. The molecule has 5 heteroatoms. The fourth-order valence-electron chi connectivity index (χ4n) is 2.75. The second-order valence-electron chi connectivity index (χ2n) is 6.02. The number of piperazine rings is 1. The normalized spacial score (nSPS) is 15.3. The van der Waals surface area contributed by atoms with Crippen LogP contribution in [-0.2, 0) is 4.79 Å². The van der Waals surface area contributed by atoms with Crippen LogP contribution in [0, 0.1) is 17.8 Å². The summed E-state index contributed by atoms with van der Waals surface area (Å²) in [6, 6.07) is 7.35. The van der Waals surface area contributed by atoms with Crippen LogP contribution in [0.15, 0.2) is 24.3 Å². The lowest BCUT2D eigenvalue weighted by Gasteiger charge is -2.27. The fourth-order valence-corrected chi connectivity index (χ4v) is 2.75. The predicted molar refractivity (Wildman–Crippen MR) is 94.3 cm³/mol. The molecule has 24 heavy (non-hydrogen) atoms. The van der Waals surface area contributed by atoms with E-state index in [0.717, 1.165) is 44.6 Å². The minimum absolute atomic E-state index is 0.0427. The van der Waals surface area contributed by atoms with E-state index in [1.54, 1.807) is 0 Å². The van der Waals surface area contributed by atoms with Crippen LogP contribution in [-0.4, -0.2) is 42.9 Å². The standard InChI is InChI=1S/C19H25N3O2/c1-2-5-16(18(20)23)8-3-6-15-7-4-9-17(14-15)19(24)22-12-10-21-11-13-22/h4,7,9,14,16,21H,2,5,8,10-13H2,1H3,(H2,20,23). The Morgan fingerprint density at radius 1 is 1.33 bits per heavy atom. The van der Waals surface area contributed by atoms with Gasteiger partial charge in [0.05, 0.1) is 0 Å². The molecule has 1 aliphatic rings. The molecule has 1 fully saturated rings. The molecule has 0 radical (unpaired) electrons. The van der Waals surface area contributed by atoms with E-state index in [-0.39, 0.29) is 17.7 Å². The van der Waals surface area contributed by atoms with Crippen molar-refractivity contribution in [2.24, 2.45) is 11.7 Å². The van der Waals surface area contributed by atoms with Gasteiger partial charge in [-0.2, -0.15) is 0 Å². The third kappa shape index (κ3) is 5.10. The number of carbonyl (C=O) groups is 2. The van der Waals surface area contributed by atoms with Crippen molar-refractivity contribution in [3.05, 3.63) is 35.4 Å². The summed E-state index contributed by atoms with van der Waals surface area (Å²) in [4.78, 5) is 25.7. The van der Waals surface area contributed by atoms with Crippen molar-refractivity contribution in [2.75, 3.05) is 26.2 Å². The molecule has 0 aliphatic carbocycles.